The molecule has 6 heteroatoms. The van der Waals surface area contributed by atoms with Gasteiger partial charge in [-0.3, -0.25) is 14.6 Å². The number of hydrogen-bond acceptors (Lipinski definition) is 4. The molecule has 1 aromatic carbocycles. The Kier molecular flexibility index (Phi) is 4.60. The van der Waals surface area contributed by atoms with Gasteiger partial charge >= 0.3 is 6.03 Å². The summed E-state index contributed by atoms with van der Waals surface area (Å²) in [6.07, 6.45) is 1.22. The van der Waals surface area contributed by atoms with Crippen molar-refractivity contribution >= 4 is 11.9 Å². The number of benzene rings is 1. The molecule has 2 aliphatic heterocycles. The molecule has 0 saturated carbocycles. The first-order valence-corrected chi connectivity index (χ1v) is 8.48. The Morgan fingerprint density at radius 2 is 1.79 bits per heavy atom. The van der Waals surface area contributed by atoms with E-state index in [9.17, 15) is 14.7 Å². The average molecular weight is 331 g/mol. The molecule has 2 aliphatic rings. The van der Waals surface area contributed by atoms with E-state index in [-0.39, 0.29) is 24.6 Å². The molecule has 0 aromatic heterocycles. The lowest BCUT2D eigenvalue weighted by atomic mass is 9.85. The van der Waals surface area contributed by atoms with Gasteiger partial charge in [-0.15, -0.1) is 0 Å². The number of hydrogen-bond donors (Lipinski definition) is 1. The topological polar surface area (TPSA) is 64.1 Å². The van der Waals surface area contributed by atoms with E-state index in [2.05, 4.69) is 4.90 Å². The Hall–Kier alpha value is -1.92. The van der Waals surface area contributed by atoms with Gasteiger partial charge in [0.05, 0.1) is 6.61 Å². The number of urea groups is 1. The maximum absolute atomic E-state index is 12.8. The SMILES string of the molecule is CC(CO)N1CCC2(CC1)C(=O)N(C)C(=O)N2Cc1ccccc1. The molecule has 2 saturated heterocycles. The van der Waals surface area contributed by atoms with Crippen molar-refractivity contribution in [1.29, 1.82) is 0 Å². The first kappa shape index (κ1) is 16.9. The van der Waals surface area contributed by atoms with Crippen molar-refractivity contribution in [2.24, 2.45) is 0 Å². The van der Waals surface area contributed by atoms with Crippen LogP contribution in [-0.2, 0) is 11.3 Å². The smallest absolute Gasteiger partial charge is 0.327 e. The van der Waals surface area contributed by atoms with Crippen molar-refractivity contribution in [2.75, 3.05) is 26.7 Å². The van der Waals surface area contributed by atoms with Gasteiger partial charge in [0, 0.05) is 32.7 Å². The molecule has 1 N–H and O–H groups in total. The van der Waals surface area contributed by atoms with Gasteiger partial charge in [-0.25, -0.2) is 4.79 Å². The molecule has 1 aromatic rings. The van der Waals surface area contributed by atoms with Crippen LogP contribution in [0.5, 0.6) is 0 Å². The highest BCUT2D eigenvalue weighted by molar-refractivity contribution is 6.06. The zero-order chi connectivity index (χ0) is 17.3. The number of carbonyl (C=O) groups excluding carboxylic acids is 2. The van der Waals surface area contributed by atoms with E-state index in [0.717, 1.165) is 5.56 Å². The van der Waals surface area contributed by atoms with Crippen LogP contribution in [-0.4, -0.2) is 70.1 Å². The summed E-state index contributed by atoms with van der Waals surface area (Å²) >= 11 is 0. The largest absolute Gasteiger partial charge is 0.395 e. The number of aliphatic hydroxyl groups excluding tert-OH is 1. The Bertz CT molecular complexity index is 611. The zero-order valence-electron chi connectivity index (χ0n) is 14.3. The second-order valence-electron chi connectivity index (χ2n) is 6.82. The number of rotatable bonds is 4. The maximum atomic E-state index is 12.8. The molecule has 3 amide bonds. The first-order valence-electron chi connectivity index (χ1n) is 8.48. The summed E-state index contributed by atoms with van der Waals surface area (Å²) in [6.45, 7) is 3.95. The molecule has 130 valence electrons. The fourth-order valence-corrected chi connectivity index (χ4v) is 3.80. The van der Waals surface area contributed by atoms with Crippen LogP contribution in [0.1, 0.15) is 25.3 Å². The van der Waals surface area contributed by atoms with Gasteiger partial charge < -0.3 is 10.0 Å². The van der Waals surface area contributed by atoms with Gasteiger partial charge in [-0.05, 0) is 25.3 Å². The second-order valence-corrected chi connectivity index (χ2v) is 6.82. The fourth-order valence-electron chi connectivity index (χ4n) is 3.80. The van der Waals surface area contributed by atoms with Crippen molar-refractivity contribution in [1.82, 2.24) is 14.7 Å². The third kappa shape index (κ3) is 2.70. The Balaban J connectivity index is 1.84. The third-order valence-corrected chi connectivity index (χ3v) is 5.43. The number of carbonyl (C=O) groups is 2. The fraction of sp³-hybridized carbons (Fsp3) is 0.556. The number of amides is 3. The molecular formula is C18H25N3O3. The van der Waals surface area contributed by atoms with Gasteiger partial charge in [0.15, 0.2) is 0 Å². The summed E-state index contributed by atoms with van der Waals surface area (Å²) in [5, 5.41) is 9.35. The minimum absolute atomic E-state index is 0.0786. The van der Waals surface area contributed by atoms with Crippen LogP contribution < -0.4 is 0 Å². The highest BCUT2D eigenvalue weighted by atomic mass is 16.3. The first-order chi connectivity index (χ1) is 11.5. The van der Waals surface area contributed by atoms with Gasteiger partial charge in [-0.2, -0.15) is 0 Å². The molecule has 0 aliphatic carbocycles. The highest BCUT2D eigenvalue weighted by Crippen LogP contribution is 2.38. The van der Waals surface area contributed by atoms with Crippen LogP contribution in [0.2, 0.25) is 0 Å². The molecule has 0 bridgehead atoms. The number of piperidine rings is 1. The summed E-state index contributed by atoms with van der Waals surface area (Å²) < 4.78 is 0. The van der Waals surface area contributed by atoms with E-state index in [1.807, 2.05) is 37.3 Å². The van der Waals surface area contributed by atoms with Gasteiger partial charge in [0.2, 0.25) is 0 Å². The average Bonchev–Trinajstić information content (AvgIpc) is 2.79. The van der Waals surface area contributed by atoms with E-state index in [0.29, 0.717) is 32.5 Å². The van der Waals surface area contributed by atoms with Crippen LogP contribution in [0.15, 0.2) is 30.3 Å². The number of nitrogens with zero attached hydrogens (tertiary/aromatic N) is 3. The molecule has 2 heterocycles. The van der Waals surface area contributed by atoms with Gasteiger partial charge in [0.1, 0.15) is 5.54 Å². The standard InChI is InChI=1S/C18H25N3O3/c1-14(13-22)20-10-8-18(9-11-20)16(23)19(2)17(24)21(18)12-15-6-4-3-5-7-15/h3-7,14,22H,8-13H2,1-2H3. The van der Waals surface area contributed by atoms with Crippen molar-refractivity contribution in [2.45, 2.75) is 37.9 Å². The molecule has 1 unspecified atom stereocenters. The molecule has 1 atom stereocenters. The summed E-state index contributed by atoms with van der Waals surface area (Å²) in [5.74, 6) is -0.0975. The van der Waals surface area contributed by atoms with E-state index >= 15 is 0 Å². The van der Waals surface area contributed by atoms with Crippen LogP contribution in [0.25, 0.3) is 0 Å². The molecule has 24 heavy (non-hydrogen) atoms. The monoisotopic (exact) mass is 331 g/mol. The normalized spacial score (nSPS) is 22.5. The third-order valence-electron chi connectivity index (χ3n) is 5.43. The van der Waals surface area contributed by atoms with E-state index in [4.69, 9.17) is 0 Å². The lowest BCUT2D eigenvalue weighted by molar-refractivity contribution is -0.135. The van der Waals surface area contributed by atoms with Crippen molar-refractivity contribution < 1.29 is 14.7 Å². The van der Waals surface area contributed by atoms with Crippen molar-refractivity contribution in [3.05, 3.63) is 35.9 Å². The van der Waals surface area contributed by atoms with Crippen LogP contribution >= 0.6 is 0 Å². The molecule has 2 fully saturated rings. The molecule has 3 rings (SSSR count). The lowest BCUT2D eigenvalue weighted by Gasteiger charge is -2.43. The lowest BCUT2D eigenvalue weighted by Crippen LogP contribution is -2.57. The van der Waals surface area contributed by atoms with Crippen molar-refractivity contribution in [3.8, 4) is 0 Å². The molecule has 1 spiro atoms. The Morgan fingerprint density at radius 3 is 2.38 bits per heavy atom. The van der Waals surface area contributed by atoms with Crippen LogP contribution in [0.3, 0.4) is 0 Å². The highest BCUT2D eigenvalue weighted by Gasteiger charge is 2.56. The number of likely N-dealkylation sites (N-methyl/N-ethyl adjacent to an activating group) is 1. The van der Waals surface area contributed by atoms with Crippen LogP contribution in [0.4, 0.5) is 4.79 Å². The summed E-state index contributed by atoms with van der Waals surface area (Å²) in [7, 11) is 1.57. The number of aliphatic hydroxyl groups is 1. The zero-order valence-corrected chi connectivity index (χ0v) is 14.3. The second kappa shape index (κ2) is 6.53. The quantitative estimate of drug-likeness (QED) is 0.845. The minimum atomic E-state index is -0.743. The van der Waals surface area contributed by atoms with Crippen LogP contribution in [0, 0.1) is 0 Å². The Morgan fingerprint density at radius 1 is 1.17 bits per heavy atom. The number of likely N-dealkylation sites (tertiary alicyclic amines) is 1. The van der Waals surface area contributed by atoms with Gasteiger partial charge in [-0.1, -0.05) is 30.3 Å². The maximum Gasteiger partial charge on any atom is 0.327 e. The van der Waals surface area contributed by atoms with E-state index < -0.39 is 5.54 Å². The summed E-state index contributed by atoms with van der Waals surface area (Å²) in [5.41, 5.74) is 0.285. The summed E-state index contributed by atoms with van der Waals surface area (Å²) in [6, 6.07) is 9.65. The van der Waals surface area contributed by atoms with Crippen molar-refractivity contribution in [3.63, 3.8) is 0 Å². The molecule has 0 radical (unpaired) electrons. The summed E-state index contributed by atoms with van der Waals surface area (Å²) in [4.78, 5) is 30.7. The molecular weight excluding hydrogens is 306 g/mol. The molecule has 6 nitrogen and oxygen atoms in total. The van der Waals surface area contributed by atoms with E-state index in [1.54, 1.807) is 11.9 Å². The number of imide groups is 1. The van der Waals surface area contributed by atoms with E-state index in [1.165, 1.54) is 4.90 Å². The predicted molar refractivity (Wildman–Crippen MR) is 90.2 cm³/mol. The predicted octanol–water partition coefficient (Wildman–Crippen LogP) is 1.30. The van der Waals surface area contributed by atoms with Gasteiger partial charge in [0.25, 0.3) is 5.91 Å². The Labute approximate surface area is 142 Å². The minimum Gasteiger partial charge on any atom is -0.395 e.